The summed E-state index contributed by atoms with van der Waals surface area (Å²) in [4.78, 5) is 24.8. The SMILES string of the molecule is O=C(NNC(=O)C12C[C@@H]3C[C@@H](CC(O)(C3)C1)C2)c1ccc(F)cc1. The maximum Gasteiger partial charge on any atom is 0.269 e. The number of amides is 2. The summed E-state index contributed by atoms with van der Waals surface area (Å²) in [5, 5.41) is 10.7. The molecule has 4 bridgehead atoms. The Morgan fingerprint density at radius 3 is 2.25 bits per heavy atom. The third-order valence-electron chi connectivity index (χ3n) is 5.91. The molecule has 5 nitrogen and oxygen atoms in total. The highest BCUT2D eigenvalue weighted by molar-refractivity contribution is 5.96. The summed E-state index contributed by atoms with van der Waals surface area (Å²) in [5.41, 5.74) is 3.92. The summed E-state index contributed by atoms with van der Waals surface area (Å²) in [5.74, 6) is -0.320. The summed E-state index contributed by atoms with van der Waals surface area (Å²) in [6.07, 6.45) is 4.72. The molecule has 4 aliphatic carbocycles. The molecule has 2 amide bonds. The van der Waals surface area contributed by atoms with E-state index in [1.165, 1.54) is 24.3 Å². The first-order valence-corrected chi connectivity index (χ1v) is 8.46. The molecule has 4 aliphatic rings. The quantitative estimate of drug-likeness (QED) is 0.724. The molecule has 0 aliphatic heterocycles. The van der Waals surface area contributed by atoms with Crippen molar-refractivity contribution in [2.45, 2.75) is 44.1 Å². The van der Waals surface area contributed by atoms with Crippen molar-refractivity contribution in [2.75, 3.05) is 0 Å². The van der Waals surface area contributed by atoms with Crippen LogP contribution < -0.4 is 10.9 Å². The third-order valence-corrected chi connectivity index (χ3v) is 5.91. The van der Waals surface area contributed by atoms with Gasteiger partial charge in [0.2, 0.25) is 5.91 Å². The number of benzene rings is 1. The molecule has 128 valence electrons. The molecule has 1 aromatic carbocycles. The smallest absolute Gasteiger partial charge is 0.269 e. The molecule has 6 heteroatoms. The number of aliphatic hydroxyl groups is 1. The predicted octanol–water partition coefficient (Wildman–Crippen LogP) is 1.92. The van der Waals surface area contributed by atoms with E-state index in [4.69, 9.17) is 0 Å². The predicted molar refractivity (Wildman–Crippen MR) is 84.1 cm³/mol. The number of carbonyl (C=O) groups is 2. The minimum Gasteiger partial charge on any atom is -0.390 e. The topological polar surface area (TPSA) is 78.4 Å². The van der Waals surface area contributed by atoms with Crippen LogP contribution in [0.2, 0.25) is 0 Å². The number of hydrogen-bond donors (Lipinski definition) is 3. The van der Waals surface area contributed by atoms with Crippen LogP contribution in [0, 0.1) is 23.1 Å². The normalized spacial score (nSPS) is 36.4. The Kier molecular flexibility index (Phi) is 3.42. The lowest BCUT2D eigenvalue weighted by atomic mass is 9.47. The van der Waals surface area contributed by atoms with E-state index >= 15 is 0 Å². The monoisotopic (exact) mass is 332 g/mol. The number of hydrogen-bond acceptors (Lipinski definition) is 3. The summed E-state index contributed by atoms with van der Waals surface area (Å²) in [7, 11) is 0. The molecule has 0 heterocycles. The van der Waals surface area contributed by atoms with E-state index in [9.17, 15) is 19.1 Å². The van der Waals surface area contributed by atoms with Crippen molar-refractivity contribution in [3.8, 4) is 0 Å². The highest BCUT2D eigenvalue weighted by Crippen LogP contribution is 2.61. The Hall–Kier alpha value is -1.95. The largest absolute Gasteiger partial charge is 0.390 e. The lowest BCUT2D eigenvalue weighted by Gasteiger charge is -2.59. The molecular formula is C18H21FN2O3. The van der Waals surface area contributed by atoms with E-state index in [-0.39, 0.29) is 11.5 Å². The van der Waals surface area contributed by atoms with Crippen molar-refractivity contribution < 1.29 is 19.1 Å². The van der Waals surface area contributed by atoms with Crippen molar-refractivity contribution >= 4 is 11.8 Å². The van der Waals surface area contributed by atoms with Gasteiger partial charge in [0.1, 0.15) is 5.82 Å². The summed E-state index contributed by atoms with van der Waals surface area (Å²) in [6, 6.07) is 5.13. The van der Waals surface area contributed by atoms with E-state index < -0.39 is 22.7 Å². The van der Waals surface area contributed by atoms with Gasteiger partial charge in [-0.05, 0) is 74.6 Å². The van der Waals surface area contributed by atoms with Gasteiger partial charge in [-0.3, -0.25) is 20.4 Å². The summed E-state index contributed by atoms with van der Waals surface area (Å²) in [6.45, 7) is 0. The molecule has 24 heavy (non-hydrogen) atoms. The third kappa shape index (κ3) is 2.59. The Morgan fingerprint density at radius 1 is 1.04 bits per heavy atom. The van der Waals surface area contributed by atoms with Gasteiger partial charge in [0, 0.05) is 5.56 Å². The standard InChI is InChI=1S/C18H21FN2O3/c19-14-3-1-13(2-4-14)15(22)20-21-16(23)17-6-11-5-12(7-17)9-18(24,8-11)10-17/h1-4,11-12,24H,5-10H2,(H,20,22)(H,21,23)/t11-,12+,17?,18?. The van der Waals surface area contributed by atoms with Crippen LogP contribution in [0.4, 0.5) is 4.39 Å². The molecule has 4 atom stereocenters. The van der Waals surface area contributed by atoms with E-state index in [0.717, 1.165) is 32.1 Å². The molecule has 4 saturated carbocycles. The van der Waals surface area contributed by atoms with Crippen LogP contribution in [-0.2, 0) is 4.79 Å². The van der Waals surface area contributed by atoms with Crippen LogP contribution in [0.1, 0.15) is 48.9 Å². The molecule has 0 aromatic heterocycles. The van der Waals surface area contributed by atoms with E-state index in [1.807, 2.05) is 0 Å². The van der Waals surface area contributed by atoms with Crippen molar-refractivity contribution in [1.82, 2.24) is 10.9 Å². The molecule has 4 fully saturated rings. The van der Waals surface area contributed by atoms with E-state index in [1.54, 1.807) is 0 Å². The number of rotatable bonds is 2. The molecule has 1 aromatic rings. The van der Waals surface area contributed by atoms with Gasteiger partial charge >= 0.3 is 0 Å². The zero-order chi connectivity index (χ0) is 16.9. The Bertz CT molecular complexity index is 674. The van der Waals surface area contributed by atoms with Gasteiger partial charge in [0.05, 0.1) is 11.0 Å². The molecule has 2 unspecified atom stereocenters. The minimum atomic E-state index is -0.720. The van der Waals surface area contributed by atoms with Crippen molar-refractivity contribution in [3.05, 3.63) is 35.6 Å². The second-order valence-corrected chi connectivity index (χ2v) is 7.88. The highest BCUT2D eigenvalue weighted by atomic mass is 19.1. The highest BCUT2D eigenvalue weighted by Gasteiger charge is 2.60. The van der Waals surface area contributed by atoms with Crippen molar-refractivity contribution in [2.24, 2.45) is 17.3 Å². The van der Waals surface area contributed by atoms with Gasteiger partial charge in [-0.2, -0.15) is 0 Å². The van der Waals surface area contributed by atoms with Gasteiger partial charge in [-0.15, -0.1) is 0 Å². The Morgan fingerprint density at radius 2 is 1.67 bits per heavy atom. The minimum absolute atomic E-state index is 0.217. The van der Waals surface area contributed by atoms with Crippen LogP contribution in [0.3, 0.4) is 0 Å². The molecular weight excluding hydrogens is 311 g/mol. The fraction of sp³-hybridized carbons (Fsp3) is 0.556. The van der Waals surface area contributed by atoms with Gasteiger partial charge in [-0.25, -0.2) is 4.39 Å². The van der Waals surface area contributed by atoms with Crippen LogP contribution in [0.15, 0.2) is 24.3 Å². The van der Waals surface area contributed by atoms with Crippen LogP contribution in [-0.4, -0.2) is 22.5 Å². The molecule has 0 radical (unpaired) electrons. The average molecular weight is 332 g/mol. The van der Waals surface area contributed by atoms with Crippen molar-refractivity contribution in [3.63, 3.8) is 0 Å². The van der Waals surface area contributed by atoms with Crippen molar-refractivity contribution in [1.29, 1.82) is 0 Å². The number of carbonyl (C=O) groups excluding carboxylic acids is 2. The van der Waals surface area contributed by atoms with E-state index in [0.29, 0.717) is 18.3 Å². The summed E-state index contributed by atoms with van der Waals surface area (Å²) < 4.78 is 12.9. The van der Waals surface area contributed by atoms with Gasteiger partial charge in [-0.1, -0.05) is 0 Å². The molecule has 3 N–H and O–H groups in total. The maximum absolute atomic E-state index is 12.9. The number of halogens is 1. The zero-order valence-corrected chi connectivity index (χ0v) is 13.3. The fourth-order valence-corrected chi connectivity index (χ4v) is 5.40. The molecule has 0 spiro atoms. The molecule has 0 saturated heterocycles. The lowest BCUT2D eigenvalue weighted by Crippen LogP contribution is -2.61. The number of nitrogens with one attached hydrogen (secondary N) is 2. The Balaban J connectivity index is 1.43. The second kappa shape index (κ2) is 5.28. The first-order valence-electron chi connectivity index (χ1n) is 8.46. The van der Waals surface area contributed by atoms with Crippen LogP contribution in [0.5, 0.6) is 0 Å². The number of hydrazine groups is 1. The van der Waals surface area contributed by atoms with Gasteiger partial charge < -0.3 is 5.11 Å². The van der Waals surface area contributed by atoms with Crippen LogP contribution >= 0.6 is 0 Å². The molecule has 5 rings (SSSR count). The summed E-state index contributed by atoms with van der Waals surface area (Å²) >= 11 is 0. The second-order valence-electron chi connectivity index (χ2n) is 7.88. The van der Waals surface area contributed by atoms with Crippen LogP contribution in [0.25, 0.3) is 0 Å². The average Bonchev–Trinajstić information content (AvgIpc) is 2.50. The van der Waals surface area contributed by atoms with Gasteiger partial charge in [0.25, 0.3) is 5.91 Å². The van der Waals surface area contributed by atoms with E-state index in [2.05, 4.69) is 10.9 Å². The lowest BCUT2D eigenvalue weighted by molar-refractivity contribution is -0.178. The maximum atomic E-state index is 12.9. The fourth-order valence-electron chi connectivity index (χ4n) is 5.40. The zero-order valence-electron chi connectivity index (χ0n) is 13.3. The Labute approximate surface area is 139 Å². The first-order chi connectivity index (χ1) is 11.4. The van der Waals surface area contributed by atoms with Gasteiger partial charge in [0.15, 0.2) is 0 Å². The first kappa shape index (κ1) is 15.6.